The van der Waals surface area contributed by atoms with E-state index in [4.69, 9.17) is 4.74 Å². The zero-order valence-electron chi connectivity index (χ0n) is 14.3. The second-order valence-electron chi connectivity index (χ2n) is 6.51. The monoisotopic (exact) mass is 358 g/mol. The van der Waals surface area contributed by atoms with Gasteiger partial charge in [-0.05, 0) is 42.7 Å². The van der Waals surface area contributed by atoms with Crippen LogP contribution in [-0.2, 0) is 21.2 Å². The fraction of sp³-hybridized carbons (Fsp3) is 0.368. The van der Waals surface area contributed by atoms with E-state index in [1.165, 1.54) is 0 Å². The van der Waals surface area contributed by atoms with Crippen molar-refractivity contribution in [2.45, 2.75) is 18.2 Å². The minimum atomic E-state index is -3.54. The lowest BCUT2D eigenvalue weighted by Gasteiger charge is -2.30. The van der Waals surface area contributed by atoms with Gasteiger partial charge in [-0.3, -0.25) is 4.31 Å². The molecule has 4 rings (SSSR count). The number of morpholine rings is 1. The highest BCUT2D eigenvalue weighted by molar-refractivity contribution is 7.93. The molecule has 0 aliphatic carbocycles. The van der Waals surface area contributed by atoms with E-state index in [9.17, 15) is 8.42 Å². The van der Waals surface area contributed by atoms with Crippen molar-refractivity contribution in [1.29, 1.82) is 0 Å². The summed E-state index contributed by atoms with van der Waals surface area (Å²) in [6.07, 6.45) is 0.754. The summed E-state index contributed by atoms with van der Waals surface area (Å²) in [6.45, 7) is 5.43. The molecule has 0 bridgehead atoms. The van der Waals surface area contributed by atoms with Gasteiger partial charge in [0.05, 0.1) is 23.8 Å². The van der Waals surface area contributed by atoms with Crippen LogP contribution in [0.3, 0.4) is 0 Å². The Bertz CT molecular complexity index is 889. The lowest BCUT2D eigenvalue weighted by molar-refractivity contribution is 0.122. The van der Waals surface area contributed by atoms with Gasteiger partial charge in [0.1, 0.15) is 0 Å². The average Bonchev–Trinajstić information content (AvgIpc) is 3.06. The summed E-state index contributed by atoms with van der Waals surface area (Å²) in [6, 6.07) is 13.3. The quantitative estimate of drug-likeness (QED) is 0.846. The number of aryl methyl sites for hydroxylation is 1. The lowest BCUT2D eigenvalue weighted by Crippen LogP contribution is -2.36. The smallest absolute Gasteiger partial charge is 0.264 e. The van der Waals surface area contributed by atoms with Gasteiger partial charge < -0.3 is 9.64 Å². The van der Waals surface area contributed by atoms with Crippen LogP contribution >= 0.6 is 0 Å². The molecule has 2 aromatic carbocycles. The van der Waals surface area contributed by atoms with Crippen LogP contribution in [0, 0.1) is 6.92 Å². The molecule has 0 N–H and O–H groups in total. The van der Waals surface area contributed by atoms with Gasteiger partial charge in [0.25, 0.3) is 10.0 Å². The third-order valence-corrected chi connectivity index (χ3v) is 6.93. The number of sulfonamides is 1. The molecule has 0 aromatic heterocycles. The number of hydrogen-bond donors (Lipinski definition) is 0. The van der Waals surface area contributed by atoms with E-state index < -0.39 is 10.0 Å². The molecule has 0 saturated carbocycles. The number of ether oxygens (including phenoxy) is 1. The first-order chi connectivity index (χ1) is 12.1. The second-order valence-corrected chi connectivity index (χ2v) is 8.34. The van der Waals surface area contributed by atoms with Crippen LogP contribution < -0.4 is 9.21 Å². The molecule has 2 aliphatic heterocycles. The van der Waals surface area contributed by atoms with E-state index in [-0.39, 0.29) is 0 Å². The zero-order chi connectivity index (χ0) is 17.4. The molecule has 0 unspecified atom stereocenters. The first kappa shape index (κ1) is 16.4. The largest absolute Gasteiger partial charge is 0.378 e. The molecule has 2 aromatic rings. The standard InChI is InChI=1S/C19H22N2O3S/c1-15-4-2-3-5-19(15)25(22,23)21-9-8-16-6-7-17(14-18(16)21)20-10-12-24-13-11-20/h2-7,14H,8-13H2,1H3. The molecule has 0 radical (unpaired) electrons. The molecule has 5 nitrogen and oxygen atoms in total. The van der Waals surface area contributed by atoms with Crippen molar-refractivity contribution in [2.75, 3.05) is 42.1 Å². The van der Waals surface area contributed by atoms with Gasteiger partial charge >= 0.3 is 0 Å². The Morgan fingerprint density at radius 1 is 1.00 bits per heavy atom. The van der Waals surface area contributed by atoms with Gasteiger partial charge in [-0.1, -0.05) is 24.3 Å². The fourth-order valence-electron chi connectivity index (χ4n) is 3.57. The van der Waals surface area contributed by atoms with Gasteiger partial charge in [0.2, 0.25) is 0 Å². The second kappa shape index (κ2) is 6.35. The summed E-state index contributed by atoms with van der Waals surface area (Å²) in [5, 5.41) is 0. The first-order valence-electron chi connectivity index (χ1n) is 8.61. The molecule has 1 saturated heterocycles. The zero-order valence-corrected chi connectivity index (χ0v) is 15.1. The molecule has 1 fully saturated rings. The third kappa shape index (κ3) is 2.89. The van der Waals surface area contributed by atoms with Crippen molar-refractivity contribution >= 4 is 21.4 Å². The van der Waals surface area contributed by atoms with Crippen molar-refractivity contribution in [3.05, 3.63) is 53.6 Å². The predicted octanol–water partition coefficient (Wildman–Crippen LogP) is 2.58. The van der Waals surface area contributed by atoms with E-state index in [0.717, 1.165) is 42.0 Å². The SMILES string of the molecule is Cc1ccccc1S(=O)(=O)N1CCc2ccc(N3CCOCC3)cc21. The summed E-state index contributed by atoms with van der Waals surface area (Å²) in [4.78, 5) is 2.64. The third-order valence-electron chi connectivity index (χ3n) is 4.96. The van der Waals surface area contributed by atoms with E-state index in [1.54, 1.807) is 16.4 Å². The molecule has 6 heteroatoms. The van der Waals surface area contributed by atoms with Crippen LogP contribution in [0.1, 0.15) is 11.1 Å². The molecule has 0 atom stereocenters. The minimum Gasteiger partial charge on any atom is -0.378 e. The van der Waals surface area contributed by atoms with Crippen LogP contribution in [0.15, 0.2) is 47.4 Å². The Morgan fingerprint density at radius 2 is 1.76 bits per heavy atom. The molecule has 0 spiro atoms. The molecular weight excluding hydrogens is 336 g/mol. The van der Waals surface area contributed by atoms with Crippen LogP contribution in [0.2, 0.25) is 0 Å². The van der Waals surface area contributed by atoms with Crippen molar-refractivity contribution in [3.63, 3.8) is 0 Å². The number of nitrogens with zero attached hydrogens (tertiary/aromatic N) is 2. The number of anilines is 2. The Labute approximate surface area is 148 Å². The number of benzene rings is 2. The molecule has 2 heterocycles. The molecule has 2 aliphatic rings. The van der Waals surface area contributed by atoms with Crippen LogP contribution in [0.25, 0.3) is 0 Å². The normalized spacial score (nSPS) is 17.6. The van der Waals surface area contributed by atoms with Crippen molar-refractivity contribution in [2.24, 2.45) is 0 Å². The van der Waals surface area contributed by atoms with E-state index in [1.807, 2.05) is 25.1 Å². The highest BCUT2D eigenvalue weighted by Gasteiger charge is 2.32. The highest BCUT2D eigenvalue weighted by atomic mass is 32.2. The molecule has 132 valence electrons. The fourth-order valence-corrected chi connectivity index (χ4v) is 5.29. The molecule has 0 amide bonds. The molecule has 25 heavy (non-hydrogen) atoms. The highest BCUT2D eigenvalue weighted by Crippen LogP contribution is 2.36. The van der Waals surface area contributed by atoms with Gasteiger partial charge in [0, 0.05) is 25.3 Å². The first-order valence-corrected chi connectivity index (χ1v) is 10.1. The van der Waals surface area contributed by atoms with Crippen molar-refractivity contribution in [1.82, 2.24) is 0 Å². The minimum absolute atomic E-state index is 0.389. The van der Waals surface area contributed by atoms with Gasteiger partial charge in [0.15, 0.2) is 0 Å². The Hall–Kier alpha value is -2.05. The summed E-state index contributed by atoms with van der Waals surface area (Å²) in [7, 11) is -3.54. The van der Waals surface area contributed by atoms with Crippen molar-refractivity contribution in [3.8, 4) is 0 Å². The van der Waals surface area contributed by atoms with Gasteiger partial charge in [-0.2, -0.15) is 0 Å². The Balaban J connectivity index is 1.72. The average molecular weight is 358 g/mol. The van der Waals surface area contributed by atoms with Crippen LogP contribution in [0.5, 0.6) is 0 Å². The number of rotatable bonds is 3. The van der Waals surface area contributed by atoms with E-state index in [2.05, 4.69) is 17.0 Å². The molecular formula is C19H22N2O3S. The van der Waals surface area contributed by atoms with Crippen LogP contribution in [-0.4, -0.2) is 41.3 Å². The predicted molar refractivity (Wildman–Crippen MR) is 98.9 cm³/mol. The van der Waals surface area contributed by atoms with E-state index in [0.29, 0.717) is 24.7 Å². The Kier molecular flexibility index (Phi) is 4.17. The van der Waals surface area contributed by atoms with Gasteiger partial charge in [-0.25, -0.2) is 8.42 Å². The maximum absolute atomic E-state index is 13.2. The summed E-state index contributed by atoms with van der Waals surface area (Å²) in [5.74, 6) is 0. The maximum Gasteiger partial charge on any atom is 0.264 e. The summed E-state index contributed by atoms with van der Waals surface area (Å²) < 4.78 is 33.4. The topological polar surface area (TPSA) is 49.9 Å². The van der Waals surface area contributed by atoms with Gasteiger partial charge in [-0.15, -0.1) is 0 Å². The maximum atomic E-state index is 13.2. The number of hydrogen-bond acceptors (Lipinski definition) is 4. The van der Waals surface area contributed by atoms with Crippen molar-refractivity contribution < 1.29 is 13.2 Å². The Morgan fingerprint density at radius 3 is 2.52 bits per heavy atom. The number of fused-ring (bicyclic) bond motifs is 1. The summed E-state index contributed by atoms with van der Waals surface area (Å²) >= 11 is 0. The summed E-state index contributed by atoms with van der Waals surface area (Å²) in [5.41, 5.74) is 3.75. The van der Waals surface area contributed by atoms with Crippen LogP contribution in [0.4, 0.5) is 11.4 Å². The lowest BCUT2D eigenvalue weighted by atomic mass is 10.1. The van der Waals surface area contributed by atoms with E-state index >= 15 is 0 Å².